The zero-order valence-electron chi connectivity index (χ0n) is 26.3. The molecule has 5 rings (SSSR count). The predicted octanol–water partition coefficient (Wildman–Crippen LogP) is 5.69. The van der Waals surface area contributed by atoms with Crippen molar-refractivity contribution < 1.29 is 29.0 Å². The fourth-order valence-electron chi connectivity index (χ4n) is 9.14. The minimum absolute atomic E-state index is 0.0947. The van der Waals surface area contributed by atoms with Gasteiger partial charge >= 0.3 is 6.09 Å². The number of amides is 2. The summed E-state index contributed by atoms with van der Waals surface area (Å²) in [4.78, 5) is 37.5. The van der Waals surface area contributed by atoms with Gasteiger partial charge in [-0.1, -0.05) is 31.6 Å². The van der Waals surface area contributed by atoms with Crippen molar-refractivity contribution in [3.05, 3.63) is 41.0 Å². The molecule has 0 spiro atoms. The SMILES string of the molecule is COc1ccc(/C=C(\C#N)C(=O)NCCNC(=O)O[C@H]2CC[C@@]3(C)C(=CC[C@H]4[C@@H]5CC[C@H](C(C)=O)[C@@]5(C)CC[C@@H]43)C2)cc1O. The second-order valence-corrected chi connectivity index (χ2v) is 13.6. The number of carbonyl (C=O) groups excluding carboxylic acids is 3. The molecule has 7 atom stereocenters. The van der Waals surface area contributed by atoms with E-state index in [2.05, 4.69) is 30.6 Å². The fraction of sp³-hybridized carbons (Fsp3) is 0.600. The van der Waals surface area contributed by atoms with E-state index < -0.39 is 12.0 Å². The van der Waals surface area contributed by atoms with Crippen molar-refractivity contribution >= 4 is 23.9 Å². The third-order valence-corrected chi connectivity index (χ3v) is 11.4. The third kappa shape index (κ3) is 5.96. The van der Waals surface area contributed by atoms with Gasteiger partial charge in [0.2, 0.25) is 0 Å². The number of nitrogens with zero attached hydrogens (tertiary/aromatic N) is 1. The van der Waals surface area contributed by atoms with Crippen molar-refractivity contribution in [2.45, 2.75) is 78.2 Å². The number of nitrogens with one attached hydrogen (secondary N) is 2. The van der Waals surface area contributed by atoms with E-state index in [1.807, 2.05) is 6.07 Å². The number of allylic oxidation sites excluding steroid dienone is 1. The Kier molecular flexibility index (Phi) is 9.10. The molecule has 0 unspecified atom stereocenters. The molecular formula is C35H45N3O6. The third-order valence-electron chi connectivity index (χ3n) is 11.4. The molecule has 3 saturated carbocycles. The maximum atomic E-state index is 12.6. The van der Waals surface area contributed by atoms with Crippen molar-refractivity contribution in [1.29, 1.82) is 5.26 Å². The number of ketones is 1. The molecule has 3 fully saturated rings. The molecule has 2 amide bonds. The number of carbonyl (C=O) groups is 3. The lowest BCUT2D eigenvalue weighted by molar-refractivity contribution is -0.127. The van der Waals surface area contributed by atoms with Crippen LogP contribution in [0.1, 0.15) is 77.7 Å². The molecule has 3 N–H and O–H groups in total. The quantitative estimate of drug-likeness (QED) is 0.150. The summed E-state index contributed by atoms with van der Waals surface area (Å²) in [5.74, 6) is 2.05. The van der Waals surface area contributed by atoms with Crippen molar-refractivity contribution in [2.24, 2.45) is 34.5 Å². The molecule has 0 saturated heterocycles. The Hall–Kier alpha value is -3.80. The predicted molar refractivity (Wildman–Crippen MR) is 165 cm³/mol. The fourth-order valence-corrected chi connectivity index (χ4v) is 9.14. The van der Waals surface area contributed by atoms with Crippen molar-refractivity contribution in [3.63, 3.8) is 0 Å². The molecule has 1 aromatic rings. The van der Waals surface area contributed by atoms with Gasteiger partial charge in [-0.3, -0.25) is 9.59 Å². The Morgan fingerprint density at radius 3 is 2.57 bits per heavy atom. The molecule has 236 valence electrons. The van der Waals surface area contributed by atoms with Gasteiger partial charge in [0.05, 0.1) is 7.11 Å². The second-order valence-electron chi connectivity index (χ2n) is 13.6. The summed E-state index contributed by atoms with van der Waals surface area (Å²) in [6.07, 6.45) is 11.2. The number of benzene rings is 1. The van der Waals surface area contributed by atoms with E-state index in [0.29, 0.717) is 34.8 Å². The monoisotopic (exact) mass is 603 g/mol. The zero-order chi connectivity index (χ0) is 31.6. The van der Waals surface area contributed by atoms with Gasteiger partial charge in [-0.25, -0.2) is 4.79 Å². The lowest BCUT2D eigenvalue weighted by atomic mass is 9.47. The van der Waals surface area contributed by atoms with Gasteiger partial charge in [0.1, 0.15) is 23.5 Å². The molecule has 4 aliphatic rings. The average Bonchev–Trinajstić information content (AvgIpc) is 3.36. The van der Waals surface area contributed by atoms with Crippen LogP contribution >= 0.6 is 0 Å². The highest BCUT2D eigenvalue weighted by Crippen LogP contribution is 2.66. The molecule has 0 aliphatic heterocycles. The van der Waals surface area contributed by atoms with Crippen LogP contribution in [-0.2, 0) is 14.3 Å². The smallest absolute Gasteiger partial charge is 0.407 e. The van der Waals surface area contributed by atoms with Gasteiger partial charge in [0.25, 0.3) is 5.91 Å². The van der Waals surface area contributed by atoms with Crippen LogP contribution in [0, 0.1) is 45.8 Å². The van der Waals surface area contributed by atoms with Crippen LogP contribution in [0.4, 0.5) is 4.79 Å². The van der Waals surface area contributed by atoms with Crippen LogP contribution in [-0.4, -0.2) is 49.2 Å². The summed E-state index contributed by atoms with van der Waals surface area (Å²) in [5, 5.41) is 24.7. The number of rotatable bonds is 8. The van der Waals surface area contributed by atoms with Crippen LogP contribution in [0.3, 0.4) is 0 Å². The van der Waals surface area contributed by atoms with Crippen molar-refractivity contribution in [2.75, 3.05) is 20.2 Å². The van der Waals surface area contributed by atoms with Crippen LogP contribution in [0.2, 0.25) is 0 Å². The topological polar surface area (TPSA) is 138 Å². The Bertz CT molecular complexity index is 1410. The van der Waals surface area contributed by atoms with Crippen LogP contribution in [0.15, 0.2) is 35.4 Å². The van der Waals surface area contributed by atoms with Gasteiger partial charge in [-0.15, -0.1) is 0 Å². The number of ether oxygens (including phenoxy) is 2. The maximum Gasteiger partial charge on any atom is 0.407 e. The van der Waals surface area contributed by atoms with E-state index in [1.165, 1.54) is 24.8 Å². The largest absolute Gasteiger partial charge is 0.504 e. The minimum Gasteiger partial charge on any atom is -0.504 e. The first-order chi connectivity index (χ1) is 21.0. The number of phenolic OH excluding ortho intramolecular Hbond substituents is 1. The highest BCUT2D eigenvalue weighted by molar-refractivity contribution is 6.01. The number of hydrogen-bond acceptors (Lipinski definition) is 7. The molecule has 44 heavy (non-hydrogen) atoms. The van der Waals surface area contributed by atoms with E-state index in [0.717, 1.165) is 51.4 Å². The number of nitriles is 1. The summed E-state index contributed by atoms with van der Waals surface area (Å²) in [5.41, 5.74) is 2.03. The molecule has 1 aromatic carbocycles. The van der Waals surface area contributed by atoms with Crippen molar-refractivity contribution in [3.8, 4) is 17.6 Å². The zero-order valence-corrected chi connectivity index (χ0v) is 26.3. The highest BCUT2D eigenvalue weighted by atomic mass is 16.6. The van der Waals surface area contributed by atoms with E-state index in [1.54, 1.807) is 19.1 Å². The first kappa shape index (κ1) is 31.6. The Morgan fingerprint density at radius 2 is 1.86 bits per heavy atom. The van der Waals surface area contributed by atoms with Crippen molar-refractivity contribution in [1.82, 2.24) is 10.6 Å². The number of Topliss-reactive ketones (excluding diaryl/α,β-unsaturated/α-hetero) is 1. The van der Waals surface area contributed by atoms with Gasteiger partial charge in [-0.2, -0.15) is 5.26 Å². The van der Waals surface area contributed by atoms with E-state index in [9.17, 15) is 24.8 Å². The Labute approximate surface area is 260 Å². The molecule has 0 radical (unpaired) electrons. The van der Waals surface area contributed by atoms with Gasteiger partial charge in [-0.05, 0) is 104 Å². The van der Waals surface area contributed by atoms with E-state index >= 15 is 0 Å². The number of fused-ring (bicyclic) bond motifs is 5. The summed E-state index contributed by atoms with van der Waals surface area (Å²) < 4.78 is 10.8. The average molecular weight is 604 g/mol. The van der Waals surface area contributed by atoms with Crippen LogP contribution in [0.5, 0.6) is 11.5 Å². The number of methoxy groups -OCH3 is 1. The van der Waals surface area contributed by atoms with E-state index in [-0.39, 0.29) is 47.3 Å². The molecule has 9 heteroatoms. The maximum absolute atomic E-state index is 12.6. The summed E-state index contributed by atoms with van der Waals surface area (Å²) >= 11 is 0. The second kappa shape index (κ2) is 12.7. The minimum atomic E-state index is -0.579. The molecule has 9 nitrogen and oxygen atoms in total. The standard InChI is InChI=1S/C35H45N3O6/c1-21(39)27-8-9-28-26-7-6-24-19-25(11-13-34(24,2)29(26)12-14-35(27,28)3)44-33(42)38-16-15-37-32(41)23(20-36)17-22-5-10-31(43-4)30(40)18-22/h5-6,10,17-18,25-29,40H,7-9,11-16,19H2,1-4H3,(H,37,41)(H,38,42)/b23-17+/t25-,26-,27+,28-,29-,34-,35+/m0/s1. The first-order valence-electron chi connectivity index (χ1n) is 15.9. The molecule has 0 heterocycles. The summed E-state index contributed by atoms with van der Waals surface area (Å²) in [6, 6.07) is 6.45. The lowest BCUT2D eigenvalue weighted by Gasteiger charge is -2.58. The lowest BCUT2D eigenvalue weighted by Crippen LogP contribution is -2.51. The molecule has 0 aromatic heterocycles. The Morgan fingerprint density at radius 1 is 1.09 bits per heavy atom. The number of alkyl carbamates (subject to hydrolysis) is 1. The van der Waals surface area contributed by atoms with Gasteiger partial charge in [0, 0.05) is 25.4 Å². The molecular weight excluding hydrogens is 558 g/mol. The molecule has 4 aliphatic carbocycles. The van der Waals surface area contributed by atoms with Crippen LogP contribution < -0.4 is 15.4 Å². The first-order valence-corrected chi connectivity index (χ1v) is 15.9. The van der Waals surface area contributed by atoms with Gasteiger partial charge < -0.3 is 25.2 Å². The number of aromatic hydroxyl groups is 1. The number of hydrogen-bond donors (Lipinski definition) is 3. The molecule has 0 bridgehead atoms. The summed E-state index contributed by atoms with van der Waals surface area (Å²) in [7, 11) is 1.43. The van der Waals surface area contributed by atoms with Gasteiger partial charge in [0.15, 0.2) is 11.5 Å². The number of phenols is 1. The Balaban J connectivity index is 1.09. The summed E-state index contributed by atoms with van der Waals surface area (Å²) in [6.45, 7) is 6.85. The highest BCUT2D eigenvalue weighted by Gasteiger charge is 2.59. The normalized spacial score (nSPS) is 32.6. The van der Waals surface area contributed by atoms with E-state index in [4.69, 9.17) is 9.47 Å². The van der Waals surface area contributed by atoms with Crippen LogP contribution in [0.25, 0.3) is 6.08 Å².